The van der Waals surface area contributed by atoms with Crippen LogP contribution in [0.5, 0.6) is 5.75 Å². The molecular formula is C26H31ClN2O4. The number of aliphatic hydroxyl groups is 1. The molecule has 1 saturated heterocycles. The average molecular weight is 471 g/mol. The summed E-state index contributed by atoms with van der Waals surface area (Å²) in [5, 5.41) is 11.6. The minimum atomic E-state index is -0.690. The fraction of sp³-hybridized carbons (Fsp3) is 0.385. The predicted molar refractivity (Wildman–Crippen MR) is 130 cm³/mol. The molecule has 3 rings (SSSR count). The Kier molecular flexibility index (Phi) is 8.16. The van der Waals surface area contributed by atoms with Crippen LogP contribution < -0.4 is 4.74 Å². The van der Waals surface area contributed by atoms with E-state index in [1.165, 1.54) is 0 Å². The van der Waals surface area contributed by atoms with Gasteiger partial charge in [0.25, 0.3) is 11.7 Å². The lowest BCUT2D eigenvalue weighted by molar-refractivity contribution is -0.140. The number of nitrogens with zero attached hydrogens (tertiary/aromatic N) is 2. The van der Waals surface area contributed by atoms with Crippen molar-refractivity contribution in [3.05, 3.63) is 70.3 Å². The number of likely N-dealkylation sites (N-methyl/N-ethyl adjacent to an activating group) is 1. The van der Waals surface area contributed by atoms with Crippen LogP contribution in [0.2, 0.25) is 5.02 Å². The molecule has 1 atom stereocenters. The number of benzene rings is 2. The van der Waals surface area contributed by atoms with Gasteiger partial charge < -0.3 is 19.6 Å². The van der Waals surface area contributed by atoms with Crippen LogP contribution in [0.3, 0.4) is 0 Å². The van der Waals surface area contributed by atoms with Crippen LogP contribution in [-0.4, -0.2) is 58.9 Å². The van der Waals surface area contributed by atoms with Crippen LogP contribution in [0, 0.1) is 0 Å². The minimum absolute atomic E-state index is 0.0282. The Bertz CT molecular complexity index is 1010. The summed E-state index contributed by atoms with van der Waals surface area (Å²) in [5.41, 5.74) is 1.26. The average Bonchev–Trinajstić information content (AvgIpc) is 3.05. The first-order valence-electron chi connectivity index (χ1n) is 11.3. The van der Waals surface area contributed by atoms with E-state index in [2.05, 4.69) is 18.7 Å². The third kappa shape index (κ3) is 5.57. The van der Waals surface area contributed by atoms with E-state index in [1.807, 2.05) is 38.1 Å². The van der Waals surface area contributed by atoms with Gasteiger partial charge >= 0.3 is 0 Å². The summed E-state index contributed by atoms with van der Waals surface area (Å²) in [6.45, 7) is 10.7. The lowest BCUT2D eigenvalue weighted by Crippen LogP contribution is -2.38. The number of aliphatic hydroxyl groups excluding tert-OH is 1. The molecule has 1 N–H and O–H groups in total. The van der Waals surface area contributed by atoms with Crippen LogP contribution in [0.15, 0.2) is 54.1 Å². The molecule has 0 radical (unpaired) electrons. The van der Waals surface area contributed by atoms with Gasteiger partial charge in [0.1, 0.15) is 11.5 Å². The largest absolute Gasteiger partial charge is 0.507 e. The van der Waals surface area contributed by atoms with Crippen LogP contribution in [-0.2, 0) is 9.59 Å². The number of amides is 1. The number of rotatable bonds is 9. The molecule has 0 aliphatic carbocycles. The number of ketones is 1. The highest BCUT2D eigenvalue weighted by molar-refractivity contribution is 6.46. The molecule has 1 unspecified atom stereocenters. The van der Waals surface area contributed by atoms with Crippen molar-refractivity contribution in [1.82, 2.24) is 9.80 Å². The fourth-order valence-electron chi connectivity index (χ4n) is 4.01. The highest BCUT2D eigenvalue weighted by Gasteiger charge is 2.45. The summed E-state index contributed by atoms with van der Waals surface area (Å²) < 4.78 is 5.74. The summed E-state index contributed by atoms with van der Waals surface area (Å²) in [6, 6.07) is 13.2. The Morgan fingerprint density at radius 1 is 1.06 bits per heavy atom. The van der Waals surface area contributed by atoms with Crippen molar-refractivity contribution in [1.29, 1.82) is 0 Å². The second-order valence-electron chi connectivity index (χ2n) is 8.26. The van der Waals surface area contributed by atoms with Crippen LogP contribution >= 0.6 is 11.6 Å². The van der Waals surface area contributed by atoms with E-state index in [0.717, 1.165) is 18.7 Å². The second kappa shape index (κ2) is 10.9. The molecule has 6 nitrogen and oxygen atoms in total. The number of likely N-dealkylation sites (tertiary alicyclic amines) is 1. The first-order valence-corrected chi connectivity index (χ1v) is 11.7. The molecule has 7 heteroatoms. The number of hydrogen-bond acceptors (Lipinski definition) is 5. The number of hydrogen-bond donors (Lipinski definition) is 1. The molecule has 2 aromatic carbocycles. The number of carbonyl (C=O) groups is 2. The highest BCUT2D eigenvalue weighted by Crippen LogP contribution is 2.39. The zero-order valence-electron chi connectivity index (χ0n) is 19.5. The molecular weight excluding hydrogens is 440 g/mol. The van der Waals surface area contributed by atoms with Crippen molar-refractivity contribution in [3.8, 4) is 5.75 Å². The Balaban J connectivity index is 2.06. The molecule has 0 aromatic heterocycles. The summed E-state index contributed by atoms with van der Waals surface area (Å²) in [4.78, 5) is 29.9. The lowest BCUT2D eigenvalue weighted by Gasteiger charge is -2.28. The first-order chi connectivity index (χ1) is 15.8. The van der Waals surface area contributed by atoms with Crippen molar-refractivity contribution in [2.45, 2.75) is 39.8 Å². The van der Waals surface area contributed by atoms with E-state index >= 15 is 0 Å². The van der Waals surface area contributed by atoms with E-state index in [4.69, 9.17) is 16.3 Å². The summed E-state index contributed by atoms with van der Waals surface area (Å²) in [6.07, 6.45) is 0.0282. The molecule has 33 heavy (non-hydrogen) atoms. The van der Waals surface area contributed by atoms with Gasteiger partial charge in [-0.2, -0.15) is 0 Å². The number of Topliss-reactive ketones (excluding diaryl/α,β-unsaturated/α-hetero) is 1. The van der Waals surface area contributed by atoms with E-state index in [0.29, 0.717) is 29.4 Å². The molecule has 176 valence electrons. The maximum absolute atomic E-state index is 13.1. The van der Waals surface area contributed by atoms with E-state index in [9.17, 15) is 14.7 Å². The van der Waals surface area contributed by atoms with Gasteiger partial charge in [0, 0.05) is 23.7 Å². The predicted octanol–water partition coefficient (Wildman–Crippen LogP) is 4.89. The lowest BCUT2D eigenvalue weighted by atomic mass is 9.95. The van der Waals surface area contributed by atoms with Crippen LogP contribution in [0.1, 0.15) is 44.9 Å². The Hall–Kier alpha value is -2.83. The van der Waals surface area contributed by atoms with Gasteiger partial charge in [0.05, 0.1) is 17.7 Å². The monoisotopic (exact) mass is 470 g/mol. The quantitative estimate of drug-likeness (QED) is 0.321. The zero-order chi connectivity index (χ0) is 24.1. The van der Waals surface area contributed by atoms with Gasteiger partial charge in [-0.15, -0.1) is 0 Å². The molecule has 1 fully saturated rings. The SMILES string of the molecule is CCN(CC)CCN1C(=O)C(=O)/C(=C(\O)c2ccc(Cl)cc2)C1c1ccc(OC(C)C)cc1. The normalized spacial score (nSPS) is 17.9. The molecule has 1 aliphatic rings. The van der Waals surface area contributed by atoms with Gasteiger partial charge in [-0.1, -0.05) is 37.6 Å². The van der Waals surface area contributed by atoms with Crippen molar-refractivity contribution < 1.29 is 19.4 Å². The van der Waals surface area contributed by atoms with Crippen molar-refractivity contribution in [3.63, 3.8) is 0 Å². The van der Waals surface area contributed by atoms with Gasteiger partial charge in [-0.25, -0.2) is 0 Å². The van der Waals surface area contributed by atoms with E-state index in [-0.39, 0.29) is 17.4 Å². The smallest absolute Gasteiger partial charge is 0.295 e. The van der Waals surface area contributed by atoms with Gasteiger partial charge in [-0.05, 0) is 68.9 Å². The second-order valence-corrected chi connectivity index (χ2v) is 8.70. The van der Waals surface area contributed by atoms with Gasteiger partial charge in [0.15, 0.2) is 0 Å². The maximum atomic E-state index is 13.1. The zero-order valence-corrected chi connectivity index (χ0v) is 20.3. The van der Waals surface area contributed by atoms with Crippen LogP contribution in [0.4, 0.5) is 0 Å². The Morgan fingerprint density at radius 3 is 2.21 bits per heavy atom. The highest BCUT2D eigenvalue weighted by atomic mass is 35.5. The van der Waals surface area contributed by atoms with Gasteiger partial charge in [0.2, 0.25) is 0 Å². The molecule has 0 bridgehead atoms. The summed E-state index contributed by atoms with van der Waals surface area (Å²) in [5.74, 6) is -0.797. The fourth-order valence-corrected chi connectivity index (χ4v) is 4.14. The van der Waals surface area contributed by atoms with Crippen molar-refractivity contribution in [2.75, 3.05) is 26.2 Å². The maximum Gasteiger partial charge on any atom is 0.295 e. The van der Waals surface area contributed by atoms with Crippen LogP contribution in [0.25, 0.3) is 5.76 Å². The number of halogens is 1. The molecule has 2 aromatic rings. The molecule has 1 heterocycles. The van der Waals surface area contributed by atoms with Gasteiger partial charge in [-0.3, -0.25) is 9.59 Å². The van der Waals surface area contributed by atoms with Crippen molar-refractivity contribution in [2.24, 2.45) is 0 Å². The van der Waals surface area contributed by atoms with E-state index < -0.39 is 17.7 Å². The number of ether oxygens (including phenoxy) is 1. The number of carbonyl (C=O) groups excluding carboxylic acids is 2. The van der Waals surface area contributed by atoms with E-state index in [1.54, 1.807) is 29.2 Å². The Morgan fingerprint density at radius 2 is 1.67 bits per heavy atom. The molecule has 0 spiro atoms. The Labute approximate surface area is 200 Å². The summed E-state index contributed by atoms with van der Waals surface area (Å²) in [7, 11) is 0. The standard InChI is InChI=1S/C26H31ClN2O4/c1-5-28(6-2)15-16-29-23(18-9-13-21(14-10-18)33-17(3)4)22(25(31)26(29)32)24(30)19-7-11-20(27)12-8-19/h7-14,17,23,30H,5-6,15-16H2,1-4H3/b24-22-. The third-order valence-corrected chi connectivity index (χ3v) is 6.03. The molecule has 1 amide bonds. The summed E-state index contributed by atoms with van der Waals surface area (Å²) >= 11 is 5.98. The first kappa shape index (κ1) is 24.8. The minimum Gasteiger partial charge on any atom is -0.507 e. The van der Waals surface area contributed by atoms with Crippen molar-refractivity contribution >= 4 is 29.1 Å². The topological polar surface area (TPSA) is 70.1 Å². The molecule has 0 saturated carbocycles. The molecule has 1 aliphatic heterocycles. The third-order valence-electron chi connectivity index (χ3n) is 5.78.